The molecule has 1 N–H and O–H groups in total. The summed E-state index contributed by atoms with van der Waals surface area (Å²) in [5.74, 6) is -0.131. The Morgan fingerprint density at radius 1 is 1.69 bits per heavy atom. The van der Waals surface area contributed by atoms with E-state index in [2.05, 4.69) is 21.2 Å². The number of hydrogen-bond acceptors (Lipinski definition) is 2. The van der Waals surface area contributed by atoms with E-state index < -0.39 is 0 Å². The SMILES string of the molecule is CCC(Br)C(=O)Nc1ccc(Cl)c(C#N)c1. The molecule has 0 bridgehead atoms. The molecule has 0 saturated carbocycles. The fraction of sp³-hybridized carbons (Fsp3) is 0.273. The standard InChI is InChI=1S/C11H10BrClN2O/c1-2-9(12)11(16)15-8-3-4-10(13)7(5-8)6-14/h3-5,9H,2H2,1H3,(H,15,16). The van der Waals surface area contributed by atoms with Crippen LogP contribution in [0.5, 0.6) is 0 Å². The van der Waals surface area contributed by atoms with Crippen molar-refractivity contribution in [2.24, 2.45) is 0 Å². The summed E-state index contributed by atoms with van der Waals surface area (Å²) in [4.78, 5) is 11.3. The highest BCUT2D eigenvalue weighted by Crippen LogP contribution is 2.20. The maximum atomic E-state index is 11.6. The predicted octanol–water partition coefficient (Wildman–Crippen LogP) is 3.32. The van der Waals surface area contributed by atoms with E-state index in [0.29, 0.717) is 22.7 Å². The Morgan fingerprint density at radius 2 is 2.38 bits per heavy atom. The number of hydrogen-bond donors (Lipinski definition) is 1. The molecule has 3 nitrogen and oxygen atoms in total. The normalized spacial score (nSPS) is 11.6. The highest BCUT2D eigenvalue weighted by atomic mass is 79.9. The number of alkyl halides is 1. The fourth-order valence-corrected chi connectivity index (χ4v) is 1.37. The van der Waals surface area contributed by atoms with Crippen LogP contribution < -0.4 is 5.32 Å². The van der Waals surface area contributed by atoms with Gasteiger partial charge in [-0.1, -0.05) is 34.5 Å². The largest absolute Gasteiger partial charge is 0.325 e. The summed E-state index contributed by atoms with van der Waals surface area (Å²) in [6.45, 7) is 1.90. The van der Waals surface area contributed by atoms with Crippen molar-refractivity contribution in [3.8, 4) is 6.07 Å². The first kappa shape index (κ1) is 13.0. The quantitative estimate of drug-likeness (QED) is 0.871. The topological polar surface area (TPSA) is 52.9 Å². The monoisotopic (exact) mass is 300 g/mol. The smallest absolute Gasteiger partial charge is 0.238 e. The Morgan fingerprint density at radius 3 is 2.94 bits per heavy atom. The molecule has 1 unspecified atom stereocenters. The van der Waals surface area contributed by atoms with Gasteiger partial charge in [0.15, 0.2) is 0 Å². The highest BCUT2D eigenvalue weighted by molar-refractivity contribution is 9.10. The van der Waals surface area contributed by atoms with E-state index in [1.54, 1.807) is 18.2 Å². The number of nitriles is 1. The molecule has 0 aromatic heterocycles. The van der Waals surface area contributed by atoms with Crippen molar-refractivity contribution in [1.82, 2.24) is 0 Å². The van der Waals surface area contributed by atoms with Gasteiger partial charge in [0.05, 0.1) is 15.4 Å². The molecular weight excluding hydrogens is 291 g/mol. The fourth-order valence-electron chi connectivity index (χ4n) is 1.09. The van der Waals surface area contributed by atoms with Crippen LogP contribution in [0.25, 0.3) is 0 Å². The molecule has 1 amide bonds. The zero-order chi connectivity index (χ0) is 12.1. The number of carbonyl (C=O) groups excluding carboxylic acids is 1. The number of carbonyl (C=O) groups is 1. The van der Waals surface area contributed by atoms with Gasteiger partial charge in [-0.2, -0.15) is 5.26 Å². The molecular formula is C11H10BrClN2O. The van der Waals surface area contributed by atoms with Crippen LogP contribution in [0.15, 0.2) is 18.2 Å². The van der Waals surface area contributed by atoms with Gasteiger partial charge in [-0.3, -0.25) is 4.79 Å². The minimum Gasteiger partial charge on any atom is -0.325 e. The molecule has 16 heavy (non-hydrogen) atoms. The first-order valence-electron chi connectivity index (χ1n) is 4.73. The molecule has 0 heterocycles. The van der Waals surface area contributed by atoms with Crippen molar-refractivity contribution in [2.45, 2.75) is 18.2 Å². The van der Waals surface area contributed by atoms with Crippen molar-refractivity contribution in [1.29, 1.82) is 5.26 Å². The Kier molecular flexibility index (Phi) is 4.78. The second kappa shape index (κ2) is 5.88. The Balaban J connectivity index is 2.83. The van der Waals surface area contributed by atoms with Crippen molar-refractivity contribution in [3.63, 3.8) is 0 Å². The van der Waals surface area contributed by atoms with Crippen LogP contribution in [-0.2, 0) is 4.79 Å². The molecule has 0 aliphatic rings. The van der Waals surface area contributed by atoms with E-state index >= 15 is 0 Å². The summed E-state index contributed by atoms with van der Waals surface area (Å²) < 4.78 is 0. The van der Waals surface area contributed by atoms with Gasteiger partial charge in [0, 0.05) is 5.69 Å². The molecule has 1 rings (SSSR count). The van der Waals surface area contributed by atoms with Crippen LogP contribution in [0, 0.1) is 11.3 Å². The molecule has 84 valence electrons. The van der Waals surface area contributed by atoms with Gasteiger partial charge in [-0.15, -0.1) is 0 Å². The average molecular weight is 302 g/mol. The third kappa shape index (κ3) is 3.22. The van der Waals surface area contributed by atoms with E-state index in [1.165, 1.54) is 0 Å². The zero-order valence-electron chi connectivity index (χ0n) is 8.63. The summed E-state index contributed by atoms with van der Waals surface area (Å²) in [5, 5.41) is 11.9. The summed E-state index contributed by atoms with van der Waals surface area (Å²) in [6, 6.07) is 6.76. The predicted molar refractivity (Wildman–Crippen MR) is 67.8 cm³/mol. The van der Waals surface area contributed by atoms with E-state index in [-0.39, 0.29) is 10.7 Å². The zero-order valence-corrected chi connectivity index (χ0v) is 11.0. The second-order valence-corrected chi connectivity index (χ2v) is 4.68. The van der Waals surface area contributed by atoms with Crippen molar-refractivity contribution in [3.05, 3.63) is 28.8 Å². The third-order valence-electron chi connectivity index (χ3n) is 2.00. The lowest BCUT2D eigenvalue weighted by Gasteiger charge is -2.09. The van der Waals surface area contributed by atoms with Gasteiger partial charge >= 0.3 is 0 Å². The number of nitrogens with one attached hydrogen (secondary N) is 1. The van der Waals surface area contributed by atoms with Gasteiger partial charge in [0.2, 0.25) is 5.91 Å². The maximum Gasteiger partial charge on any atom is 0.238 e. The Hall–Kier alpha value is -1.05. The van der Waals surface area contributed by atoms with Gasteiger partial charge in [-0.05, 0) is 24.6 Å². The first-order chi connectivity index (χ1) is 7.58. The summed E-state index contributed by atoms with van der Waals surface area (Å²) >= 11 is 9.02. The highest BCUT2D eigenvalue weighted by Gasteiger charge is 2.12. The van der Waals surface area contributed by atoms with Crippen LogP contribution in [-0.4, -0.2) is 10.7 Å². The minimum atomic E-state index is -0.228. The Labute approximate surface area is 108 Å². The van der Waals surface area contributed by atoms with Crippen LogP contribution in [0.2, 0.25) is 5.02 Å². The summed E-state index contributed by atoms with van der Waals surface area (Å²) in [7, 11) is 0. The molecule has 0 fully saturated rings. The molecule has 5 heteroatoms. The van der Waals surface area contributed by atoms with Crippen LogP contribution in [0.3, 0.4) is 0 Å². The lowest BCUT2D eigenvalue weighted by Crippen LogP contribution is -2.21. The van der Waals surface area contributed by atoms with Crippen LogP contribution in [0.4, 0.5) is 5.69 Å². The van der Waals surface area contributed by atoms with Crippen molar-refractivity contribution >= 4 is 39.1 Å². The van der Waals surface area contributed by atoms with Gasteiger partial charge in [0.25, 0.3) is 0 Å². The molecule has 0 saturated heterocycles. The molecule has 0 radical (unpaired) electrons. The van der Waals surface area contributed by atoms with Gasteiger partial charge in [-0.25, -0.2) is 0 Å². The number of amides is 1. The number of rotatable bonds is 3. The van der Waals surface area contributed by atoms with Gasteiger partial charge < -0.3 is 5.32 Å². The average Bonchev–Trinajstić information content (AvgIpc) is 2.30. The third-order valence-corrected chi connectivity index (χ3v) is 3.39. The van der Waals surface area contributed by atoms with Crippen LogP contribution in [0.1, 0.15) is 18.9 Å². The number of nitrogens with zero attached hydrogens (tertiary/aromatic N) is 1. The maximum absolute atomic E-state index is 11.6. The first-order valence-corrected chi connectivity index (χ1v) is 6.02. The minimum absolute atomic E-state index is 0.131. The molecule has 0 spiro atoms. The van der Waals surface area contributed by atoms with E-state index in [4.69, 9.17) is 16.9 Å². The van der Waals surface area contributed by atoms with Gasteiger partial charge in [0.1, 0.15) is 6.07 Å². The Bertz CT molecular complexity index is 442. The van der Waals surface area contributed by atoms with Crippen LogP contribution >= 0.6 is 27.5 Å². The molecule has 0 aliphatic heterocycles. The number of benzene rings is 1. The molecule has 1 atom stereocenters. The number of anilines is 1. The van der Waals surface area contributed by atoms with Crippen molar-refractivity contribution in [2.75, 3.05) is 5.32 Å². The number of halogens is 2. The molecule has 0 aliphatic carbocycles. The van der Waals surface area contributed by atoms with Crippen molar-refractivity contribution < 1.29 is 4.79 Å². The molecule has 1 aromatic rings. The van der Waals surface area contributed by atoms with E-state index in [0.717, 1.165) is 0 Å². The van der Waals surface area contributed by atoms with E-state index in [1.807, 2.05) is 13.0 Å². The lowest BCUT2D eigenvalue weighted by molar-refractivity contribution is -0.115. The second-order valence-electron chi connectivity index (χ2n) is 3.17. The molecule has 1 aromatic carbocycles. The van der Waals surface area contributed by atoms with E-state index in [9.17, 15) is 4.79 Å². The summed E-state index contributed by atoms with van der Waals surface area (Å²) in [6.07, 6.45) is 0.699. The lowest BCUT2D eigenvalue weighted by atomic mass is 10.2. The summed E-state index contributed by atoms with van der Waals surface area (Å²) in [5.41, 5.74) is 0.922.